The van der Waals surface area contributed by atoms with Gasteiger partial charge in [0.25, 0.3) is 0 Å². The van der Waals surface area contributed by atoms with Crippen molar-refractivity contribution >= 4 is 23.8 Å². The fourth-order valence-electron chi connectivity index (χ4n) is 0.651. The third kappa shape index (κ3) is 2.59. The summed E-state index contributed by atoms with van der Waals surface area (Å²) in [6.45, 7) is -0.128. The van der Waals surface area contributed by atoms with Crippen LogP contribution in [-0.4, -0.2) is 34.2 Å². The molecule has 0 aromatic rings. The quantitative estimate of drug-likeness (QED) is 0.620. The summed E-state index contributed by atoms with van der Waals surface area (Å²) in [5.41, 5.74) is 0. The van der Waals surface area contributed by atoms with Crippen molar-refractivity contribution in [3.05, 3.63) is 12.3 Å². The molecule has 0 aromatic heterocycles. The topological polar surface area (TPSA) is 52.9 Å². The lowest BCUT2D eigenvalue weighted by molar-refractivity contribution is -0.137. The molecular formula is C6H7ClN2O2. The van der Waals surface area contributed by atoms with Gasteiger partial charge in [-0.1, -0.05) is 0 Å². The maximum absolute atomic E-state index is 10.2. The summed E-state index contributed by atoms with van der Waals surface area (Å²) in [5, 5.41) is 13.2. The van der Waals surface area contributed by atoms with Crippen LogP contribution in [0.3, 0.4) is 0 Å². The van der Waals surface area contributed by atoms with Gasteiger partial charge in [0.2, 0.25) is 0 Å². The maximum atomic E-state index is 10.2. The van der Waals surface area contributed by atoms with Crippen LogP contribution in [0.15, 0.2) is 17.4 Å². The van der Waals surface area contributed by atoms with E-state index in [1.807, 2.05) is 0 Å². The second-order valence-corrected chi connectivity index (χ2v) is 2.55. The number of nitrogens with zero attached hydrogens (tertiary/aromatic N) is 2. The fraction of sp³-hybridized carbons (Fsp3) is 0.333. The van der Waals surface area contributed by atoms with Crippen LogP contribution < -0.4 is 0 Å². The SMILES string of the molecule is O=C(O)CN1C=CC(Cl)C=N1. The molecule has 0 aromatic carbocycles. The Morgan fingerprint density at radius 3 is 3.00 bits per heavy atom. The van der Waals surface area contributed by atoms with Crippen LogP contribution in [0.1, 0.15) is 0 Å². The molecule has 4 nitrogen and oxygen atoms in total. The van der Waals surface area contributed by atoms with Crippen LogP contribution in [-0.2, 0) is 4.79 Å². The fourth-order valence-corrected chi connectivity index (χ4v) is 0.767. The highest BCUT2D eigenvalue weighted by Crippen LogP contribution is 2.03. The second kappa shape index (κ2) is 3.39. The minimum atomic E-state index is -0.917. The van der Waals surface area contributed by atoms with E-state index in [1.165, 1.54) is 11.2 Å². The molecule has 0 amide bonds. The number of carbonyl (C=O) groups is 1. The zero-order chi connectivity index (χ0) is 8.27. The van der Waals surface area contributed by atoms with Crippen molar-refractivity contribution in [1.29, 1.82) is 0 Å². The van der Waals surface area contributed by atoms with Crippen molar-refractivity contribution in [3.8, 4) is 0 Å². The monoisotopic (exact) mass is 174 g/mol. The van der Waals surface area contributed by atoms with Crippen LogP contribution in [0, 0.1) is 0 Å². The zero-order valence-electron chi connectivity index (χ0n) is 5.64. The molecule has 60 valence electrons. The minimum Gasteiger partial charge on any atom is -0.480 e. The molecule has 11 heavy (non-hydrogen) atoms. The smallest absolute Gasteiger partial charge is 0.325 e. The van der Waals surface area contributed by atoms with Crippen LogP contribution in [0.5, 0.6) is 0 Å². The summed E-state index contributed by atoms with van der Waals surface area (Å²) in [7, 11) is 0. The Hall–Kier alpha value is -1.03. The summed E-state index contributed by atoms with van der Waals surface area (Å²) in [6, 6.07) is 0. The largest absolute Gasteiger partial charge is 0.480 e. The first-order valence-electron chi connectivity index (χ1n) is 3.03. The number of allylic oxidation sites excluding steroid dienone is 1. The first-order valence-corrected chi connectivity index (χ1v) is 3.47. The second-order valence-electron chi connectivity index (χ2n) is 2.04. The van der Waals surface area contributed by atoms with E-state index in [1.54, 1.807) is 12.3 Å². The van der Waals surface area contributed by atoms with Crippen molar-refractivity contribution in [2.45, 2.75) is 5.38 Å². The van der Waals surface area contributed by atoms with Crippen molar-refractivity contribution in [2.24, 2.45) is 5.10 Å². The molecule has 1 rings (SSSR count). The van der Waals surface area contributed by atoms with Crippen LogP contribution in [0.2, 0.25) is 0 Å². The van der Waals surface area contributed by atoms with Gasteiger partial charge in [0.15, 0.2) is 0 Å². The average Bonchev–Trinajstić information content (AvgIpc) is 1.93. The number of rotatable bonds is 2. The number of hydrazone groups is 1. The molecule has 5 heteroatoms. The molecule has 1 aliphatic rings. The Morgan fingerprint density at radius 2 is 2.55 bits per heavy atom. The Kier molecular flexibility index (Phi) is 2.48. The van der Waals surface area contributed by atoms with Gasteiger partial charge in [-0.3, -0.25) is 9.80 Å². The lowest BCUT2D eigenvalue weighted by atomic mass is 10.4. The molecule has 0 saturated heterocycles. The van der Waals surface area contributed by atoms with E-state index in [2.05, 4.69) is 5.10 Å². The van der Waals surface area contributed by atoms with E-state index in [0.29, 0.717) is 0 Å². The standard InChI is InChI=1S/C6H7ClN2O2/c7-5-1-2-9(8-3-5)4-6(10)11/h1-3,5H,4H2,(H,10,11). The van der Waals surface area contributed by atoms with E-state index >= 15 is 0 Å². The molecule has 0 saturated carbocycles. The number of hydrogen-bond acceptors (Lipinski definition) is 3. The highest BCUT2D eigenvalue weighted by atomic mass is 35.5. The number of alkyl halides is 1. The lowest BCUT2D eigenvalue weighted by Crippen LogP contribution is -2.23. The summed E-state index contributed by atoms with van der Waals surface area (Å²) in [4.78, 5) is 10.2. The predicted octanol–water partition coefficient (Wildman–Crippen LogP) is 0.493. The third-order valence-electron chi connectivity index (χ3n) is 1.10. The van der Waals surface area contributed by atoms with Gasteiger partial charge in [0, 0.05) is 12.4 Å². The molecule has 1 heterocycles. The van der Waals surface area contributed by atoms with Gasteiger partial charge in [-0.05, 0) is 6.08 Å². The first-order chi connectivity index (χ1) is 5.18. The normalized spacial score (nSPS) is 22.3. The molecular weight excluding hydrogens is 168 g/mol. The highest BCUT2D eigenvalue weighted by Gasteiger charge is 2.07. The number of halogens is 1. The van der Waals surface area contributed by atoms with Crippen LogP contribution in [0.4, 0.5) is 0 Å². The Balaban J connectivity index is 2.45. The summed E-state index contributed by atoms with van der Waals surface area (Å²) in [6.07, 6.45) is 4.69. The van der Waals surface area contributed by atoms with Gasteiger partial charge in [-0.25, -0.2) is 0 Å². The molecule has 0 aliphatic carbocycles. The molecule has 0 bridgehead atoms. The van der Waals surface area contributed by atoms with Crippen molar-refractivity contribution in [1.82, 2.24) is 5.01 Å². The third-order valence-corrected chi connectivity index (χ3v) is 1.35. The lowest BCUT2D eigenvalue weighted by Gasteiger charge is -2.14. The van der Waals surface area contributed by atoms with Crippen LogP contribution in [0.25, 0.3) is 0 Å². The minimum absolute atomic E-state index is 0.128. The Labute approximate surface area is 68.8 Å². The van der Waals surface area contributed by atoms with Crippen LogP contribution >= 0.6 is 11.6 Å². The molecule has 1 unspecified atom stereocenters. The van der Waals surface area contributed by atoms with Crippen molar-refractivity contribution in [2.75, 3.05) is 6.54 Å². The number of aliphatic carboxylic acids is 1. The summed E-state index contributed by atoms with van der Waals surface area (Å²) < 4.78 is 0. The summed E-state index contributed by atoms with van der Waals surface area (Å²) >= 11 is 5.61. The van der Waals surface area contributed by atoms with Crippen molar-refractivity contribution < 1.29 is 9.90 Å². The molecule has 1 aliphatic heterocycles. The van der Waals surface area contributed by atoms with Gasteiger partial charge < -0.3 is 5.11 Å². The Bertz CT molecular complexity index is 201. The van der Waals surface area contributed by atoms with Gasteiger partial charge in [0.1, 0.15) is 6.54 Å². The van der Waals surface area contributed by atoms with Crippen molar-refractivity contribution in [3.63, 3.8) is 0 Å². The molecule has 1 atom stereocenters. The summed E-state index contributed by atoms with van der Waals surface area (Å²) in [5.74, 6) is -0.917. The van der Waals surface area contributed by atoms with E-state index < -0.39 is 5.97 Å². The molecule has 1 N–H and O–H groups in total. The van der Waals surface area contributed by atoms with E-state index in [4.69, 9.17) is 16.7 Å². The molecule has 0 radical (unpaired) electrons. The average molecular weight is 175 g/mol. The highest BCUT2D eigenvalue weighted by molar-refractivity contribution is 6.29. The number of carboxylic acids is 1. The Morgan fingerprint density at radius 1 is 1.82 bits per heavy atom. The van der Waals surface area contributed by atoms with Gasteiger partial charge in [0.05, 0.1) is 5.38 Å². The van der Waals surface area contributed by atoms with Gasteiger partial charge in [-0.15, -0.1) is 11.6 Å². The maximum Gasteiger partial charge on any atom is 0.325 e. The van der Waals surface area contributed by atoms with Gasteiger partial charge >= 0.3 is 5.97 Å². The molecule has 0 spiro atoms. The van der Waals surface area contributed by atoms with Gasteiger partial charge in [-0.2, -0.15) is 5.10 Å². The van der Waals surface area contributed by atoms with E-state index in [-0.39, 0.29) is 11.9 Å². The molecule has 0 fully saturated rings. The number of hydrogen-bond donors (Lipinski definition) is 1. The first kappa shape index (κ1) is 8.07. The zero-order valence-corrected chi connectivity index (χ0v) is 6.40. The number of carboxylic acid groups (broad SMARTS) is 1. The predicted molar refractivity (Wildman–Crippen MR) is 41.6 cm³/mol. The van der Waals surface area contributed by atoms with E-state index in [0.717, 1.165) is 0 Å². The van der Waals surface area contributed by atoms with E-state index in [9.17, 15) is 4.79 Å².